The van der Waals surface area contributed by atoms with Crippen LogP contribution in [0.4, 0.5) is 11.4 Å². The second-order valence-corrected chi connectivity index (χ2v) is 5.49. The van der Waals surface area contributed by atoms with Gasteiger partial charge in [0, 0.05) is 25.2 Å². The Labute approximate surface area is 121 Å². The van der Waals surface area contributed by atoms with Crippen LogP contribution in [0.15, 0.2) is 12.1 Å². The van der Waals surface area contributed by atoms with E-state index in [0.717, 1.165) is 0 Å². The fourth-order valence-corrected chi connectivity index (χ4v) is 3.03. The normalized spacial score (nSPS) is 23.5. The van der Waals surface area contributed by atoms with Crippen molar-refractivity contribution in [3.8, 4) is 0 Å². The number of anilines is 1. The molecule has 0 saturated carbocycles. The van der Waals surface area contributed by atoms with Gasteiger partial charge < -0.3 is 9.64 Å². The Hall–Kier alpha value is -1.04. The molecule has 1 aromatic rings. The largest absolute Gasteiger partial charge is 0.372 e. The number of hydrogen-bond acceptors (Lipinski definition) is 4. The van der Waals surface area contributed by atoms with E-state index in [1.165, 1.54) is 12.1 Å². The molecular weight excluding hydrogens is 291 g/mol. The van der Waals surface area contributed by atoms with Crippen LogP contribution in [0.3, 0.4) is 0 Å². The molecule has 1 aliphatic rings. The van der Waals surface area contributed by atoms with E-state index in [1.54, 1.807) is 0 Å². The van der Waals surface area contributed by atoms with Gasteiger partial charge in [-0.2, -0.15) is 0 Å². The summed E-state index contributed by atoms with van der Waals surface area (Å²) in [6.07, 6.45) is 0.122. The maximum Gasteiger partial charge on any atom is 0.272 e. The molecule has 0 spiro atoms. The van der Waals surface area contributed by atoms with Gasteiger partial charge in [0.05, 0.1) is 32.9 Å². The number of rotatable bonds is 2. The zero-order valence-corrected chi connectivity index (χ0v) is 12.1. The van der Waals surface area contributed by atoms with E-state index in [0.29, 0.717) is 28.8 Å². The molecule has 2 atom stereocenters. The number of nitrogens with zero attached hydrogens (tertiary/aromatic N) is 2. The van der Waals surface area contributed by atoms with Gasteiger partial charge in [0.25, 0.3) is 5.69 Å². The summed E-state index contributed by atoms with van der Waals surface area (Å²) in [7, 11) is 0. The average Bonchev–Trinajstić information content (AvgIpc) is 2.26. The van der Waals surface area contributed by atoms with E-state index >= 15 is 0 Å². The van der Waals surface area contributed by atoms with Crippen molar-refractivity contribution in [2.24, 2.45) is 0 Å². The molecule has 0 amide bonds. The molecule has 0 aromatic heterocycles. The summed E-state index contributed by atoms with van der Waals surface area (Å²) in [4.78, 5) is 12.3. The standard InChI is InChI=1S/C12H14Cl2N2O3/c1-7-5-15(6-8(2)19-7)12-10(13)3-9(16(17)18)4-11(12)14/h3-4,7-8H,5-6H2,1-2H3. The highest BCUT2D eigenvalue weighted by atomic mass is 35.5. The summed E-state index contributed by atoms with van der Waals surface area (Å²) in [6.45, 7) is 5.24. The summed E-state index contributed by atoms with van der Waals surface area (Å²) in [6, 6.07) is 2.65. The van der Waals surface area contributed by atoms with Crippen LogP contribution in [0.1, 0.15) is 13.8 Å². The first-order valence-corrected chi connectivity index (χ1v) is 6.68. The summed E-state index contributed by atoms with van der Waals surface area (Å²) in [5.41, 5.74) is 0.532. The Morgan fingerprint density at radius 1 is 1.26 bits per heavy atom. The topological polar surface area (TPSA) is 55.6 Å². The van der Waals surface area contributed by atoms with Gasteiger partial charge in [0.15, 0.2) is 0 Å². The smallest absolute Gasteiger partial charge is 0.272 e. The third-order valence-corrected chi connectivity index (χ3v) is 3.52. The second-order valence-electron chi connectivity index (χ2n) is 4.68. The molecule has 7 heteroatoms. The van der Waals surface area contributed by atoms with Crippen molar-refractivity contribution in [1.82, 2.24) is 0 Å². The van der Waals surface area contributed by atoms with Crippen LogP contribution in [-0.2, 0) is 4.74 Å². The first kappa shape index (κ1) is 14.4. The molecule has 0 radical (unpaired) electrons. The van der Waals surface area contributed by atoms with E-state index in [2.05, 4.69) is 0 Å². The highest BCUT2D eigenvalue weighted by Crippen LogP contribution is 2.38. The molecule has 1 saturated heterocycles. The van der Waals surface area contributed by atoms with Crippen LogP contribution < -0.4 is 4.90 Å². The Kier molecular flexibility index (Phi) is 4.18. The summed E-state index contributed by atoms with van der Waals surface area (Å²) in [5, 5.41) is 11.3. The third kappa shape index (κ3) is 3.11. The number of benzene rings is 1. The highest BCUT2D eigenvalue weighted by molar-refractivity contribution is 6.39. The van der Waals surface area contributed by atoms with Crippen LogP contribution in [0.2, 0.25) is 10.0 Å². The molecule has 1 heterocycles. The number of halogens is 2. The molecule has 19 heavy (non-hydrogen) atoms. The molecular formula is C12H14Cl2N2O3. The fraction of sp³-hybridized carbons (Fsp3) is 0.500. The molecule has 0 N–H and O–H groups in total. The van der Waals surface area contributed by atoms with E-state index < -0.39 is 4.92 Å². The third-order valence-electron chi connectivity index (χ3n) is 2.95. The number of morpholine rings is 1. The van der Waals surface area contributed by atoms with Crippen LogP contribution >= 0.6 is 23.2 Å². The first-order chi connectivity index (χ1) is 8.88. The number of nitro groups is 1. The van der Waals surface area contributed by atoms with Crippen LogP contribution in [0.5, 0.6) is 0 Å². The van der Waals surface area contributed by atoms with Crippen molar-refractivity contribution in [3.63, 3.8) is 0 Å². The monoisotopic (exact) mass is 304 g/mol. The Morgan fingerprint density at radius 2 is 1.74 bits per heavy atom. The number of hydrogen-bond donors (Lipinski definition) is 0. The fourth-order valence-electron chi connectivity index (χ4n) is 2.32. The summed E-state index contributed by atoms with van der Waals surface area (Å²) < 4.78 is 5.64. The van der Waals surface area contributed by atoms with Crippen molar-refractivity contribution in [3.05, 3.63) is 32.3 Å². The number of ether oxygens (including phenoxy) is 1. The Bertz CT molecular complexity index is 477. The lowest BCUT2D eigenvalue weighted by molar-refractivity contribution is -0.384. The predicted octanol–water partition coefficient (Wildman–Crippen LogP) is 3.52. The minimum atomic E-state index is -0.508. The quantitative estimate of drug-likeness (QED) is 0.619. The molecule has 104 valence electrons. The minimum absolute atomic E-state index is 0.0612. The van der Waals surface area contributed by atoms with Gasteiger partial charge in [-0.3, -0.25) is 10.1 Å². The van der Waals surface area contributed by atoms with E-state index in [9.17, 15) is 10.1 Å². The van der Waals surface area contributed by atoms with Crippen LogP contribution in [0.25, 0.3) is 0 Å². The van der Waals surface area contributed by atoms with Crippen molar-refractivity contribution >= 4 is 34.6 Å². The maximum atomic E-state index is 10.8. The highest BCUT2D eigenvalue weighted by Gasteiger charge is 2.26. The van der Waals surface area contributed by atoms with E-state index in [4.69, 9.17) is 27.9 Å². The van der Waals surface area contributed by atoms with Crippen molar-refractivity contribution in [2.75, 3.05) is 18.0 Å². The van der Waals surface area contributed by atoms with Crippen molar-refractivity contribution in [2.45, 2.75) is 26.1 Å². The van der Waals surface area contributed by atoms with E-state index in [-0.39, 0.29) is 17.9 Å². The Morgan fingerprint density at radius 3 is 2.16 bits per heavy atom. The molecule has 0 bridgehead atoms. The first-order valence-electron chi connectivity index (χ1n) is 5.92. The molecule has 0 aliphatic carbocycles. The predicted molar refractivity (Wildman–Crippen MR) is 75.3 cm³/mol. The summed E-state index contributed by atoms with van der Waals surface area (Å²) >= 11 is 12.3. The summed E-state index contributed by atoms with van der Waals surface area (Å²) in [5.74, 6) is 0. The van der Waals surface area contributed by atoms with Crippen LogP contribution in [0, 0.1) is 10.1 Å². The second kappa shape index (κ2) is 5.53. The lowest BCUT2D eigenvalue weighted by atomic mass is 10.2. The zero-order valence-electron chi connectivity index (χ0n) is 10.6. The molecule has 5 nitrogen and oxygen atoms in total. The van der Waals surface area contributed by atoms with Crippen molar-refractivity contribution < 1.29 is 9.66 Å². The van der Waals surface area contributed by atoms with Gasteiger partial charge in [0.1, 0.15) is 0 Å². The molecule has 2 unspecified atom stereocenters. The van der Waals surface area contributed by atoms with Gasteiger partial charge in [-0.25, -0.2) is 0 Å². The van der Waals surface area contributed by atoms with Gasteiger partial charge in [0.2, 0.25) is 0 Å². The lowest BCUT2D eigenvalue weighted by Gasteiger charge is -2.37. The zero-order chi connectivity index (χ0) is 14.2. The van der Waals surface area contributed by atoms with Crippen LogP contribution in [-0.4, -0.2) is 30.2 Å². The lowest BCUT2D eigenvalue weighted by Crippen LogP contribution is -2.45. The molecule has 2 rings (SSSR count). The minimum Gasteiger partial charge on any atom is -0.372 e. The van der Waals surface area contributed by atoms with Gasteiger partial charge in [-0.1, -0.05) is 23.2 Å². The molecule has 1 aliphatic heterocycles. The van der Waals surface area contributed by atoms with Crippen molar-refractivity contribution in [1.29, 1.82) is 0 Å². The van der Waals surface area contributed by atoms with Gasteiger partial charge >= 0.3 is 0 Å². The molecule has 1 aromatic carbocycles. The maximum absolute atomic E-state index is 10.8. The number of nitro benzene ring substituents is 1. The number of non-ortho nitro benzene ring substituents is 1. The average molecular weight is 305 g/mol. The Balaban J connectivity index is 2.37. The van der Waals surface area contributed by atoms with Gasteiger partial charge in [-0.05, 0) is 13.8 Å². The SMILES string of the molecule is CC1CN(c2c(Cl)cc([N+](=O)[O-])cc2Cl)CC(C)O1. The van der Waals surface area contributed by atoms with Gasteiger partial charge in [-0.15, -0.1) is 0 Å². The molecule has 1 fully saturated rings. The van der Waals surface area contributed by atoms with E-state index in [1.807, 2.05) is 18.7 Å².